The molecule has 1 aromatic carbocycles. The van der Waals surface area contributed by atoms with Crippen LogP contribution in [0.1, 0.15) is 30.1 Å². The molecule has 0 N–H and O–H groups in total. The van der Waals surface area contributed by atoms with Gasteiger partial charge >= 0.3 is 0 Å². The highest BCUT2D eigenvalue weighted by molar-refractivity contribution is 6.33. The van der Waals surface area contributed by atoms with Gasteiger partial charge in [0.15, 0.2) is 6.29 Å². The molecular formula is C14H18ClNO2. The van der Waals surface area contributed by atoms with Crippen LogP contribution in [0.15, 0.2) is 18.2 Å². The fourth-order valence-electron chi connectivity index (χ4n) is 2.42. The van der Waals surface area contributed by atoms with E-state index in [0.29, 0.717) is 16.7 Å². The van der Waals surface area contributed by atoms with Crippen LogP contribution in [0, 0.1) is 0 Å². The number of nitrogens with zero attached hydrogens (tertiary/aromatic N) is 1. The van der Waals surface area contributed by atoms with Crippen LogP contribution in [0.2, 0.25) is 5.02 Å². The molecule has 1 aromatic rings. The molecular weight excluding hydrogens is 250 g/mol. The largest absolute Gasteiger partial charge is 0.378 e. The summed E-state index contributed by atoms with van der Waals surface area (Å²) < 4.78 is 5.63. The van der Waals surface area contributed by atoms with Gasteiger partial charge in [0, 0.05) is 25.4 Å². The summed E-state index contributed by atoms with van der Waals surface area (Å²) >= 11 is 6.04. The minimum Gasteiger partial charge on any atom is -0.378 e. The third-order valence-corrected chi connectivity index (χ3v) is 3.66. The second kappa shape index (κ2) is 6.21. The van der Waals surface area contributed by atoms with Crippen molar-refractivity contribution < 1.29 is 9.53 Å². The van der Waals surface area contributed by atoms with E-state index < -0.39 is 0 Å². The molecule has 0 saturated carbocycles. The zero-order valence-electron chi connectivity index (χ0n) is 10.6. The molecule has 98 valence electrons. The van der Waals surface area contributed by atoms with Gasteiger partial charge in [-0.3, -0.25) is 4.79 Å². The van der Waals surface area contributed by atoms with Crippen LogP contribution in [0.3, 0.4) is 0 Å². The molecule has 1 fully saturated rings. The molecule has 3 nitrogen and oxygen atoms in total. The van der Waals surface area contributed by atoms with Crippen molar-refractivity contribution in [1.29, 1.82) is 0 Å². The molecule has 0 atom stereocenters. The average Bonchev–Trinajstić information content (AvgIpc) is 2.40. The predicted molar refractivity (Wildman–Crippen MR) is 73.7 cm³/mol. The number of carbonyl (C=O) groups is 1. The van der Waals surface area contributed by atoms with Gasteiger partial charge in [-0.2, -0.15) is 0 Å². The first-order chi connectivity index (χ1) is 8.76. The molecule has 0 amide bonds. The summed E-state index contributed by atoms with van der Waals surface area (Å²) in [4.78, 5) is 13.3. The van der Waals surface area contributed by atoms with Crippen molar-refractivity contribution >= 4 is 23.6 Å². The Balaban J connectivity index is 2.10. The van der Waals surface area contributed by atoms with Crippen LogP contribution in [-0.4, -0.2) is 32.1 Å². The van der Waals surface area contributed by atoms with E-state index in [2.05, 4.69) is 4.90 Å². The number of benzene rings is 1. The third kappa shape index (κ3) is 2.85. The first-order valence-electron chi connectivity index (χ1n) is 6.36. The number of hydrogen-bond donors (Lipinski definition) is 0. The van der Waals surface area contributed by atoms with Crippen LogP contribution in [0.25, 0.3) is 0 Å². The quantitative estimate of drug-likeness (QED) is 0.785. The van der Waals surface area contributed by atoms with Crippen molar-refractivity contribution in [2.75, 3.05) is 24.6 Å². The van der Waals surface area contributed by atoms with E-state index >= 15 is 0 Å². The highest BCUT2D eigenvalue weighted by atomic mass is 35.5. The Morgan fingerprint density at radius 2 is 2.17 bits per heavy atom. The van der Waals surface area contributed by atoms with Crippen LogP contribution in [0.5, 0.6) is 0 Å². The van der Waals surface area contributed by atoms with E-state index in [1.807, 2.05) is 19.1 Å². The Bertz CT molecular complexity index is 414. The molecule has 2 rings (SSSR count). The molecule has 0 spiro atoms. The SMILES string of the molecule is CCOC1CCN(c2cccc(Cl)c2C=O)CC1. The summed E-state index contributed by atoms with van der Waals surface area (Å²) in [6, 6.07) is 5.59. The van der Waals surface area contributed by atoms with Crippen LogP contribution >= 0.6 is 11.6 Å². The minimum atomic E-state index is 0.352. The molecule has 0 aromatic heterocycles. The number of halogens is 1. The van der Waals surface area contributed by atoms with E-state index in [9.17, 15) is 4.79 Å². The monoisotopic (exact) mass is 267 g/mol. The summed E-state index contributed by atoms with van der Waals surface area (Å²) in [5.74, 6) is 0. The molecule has 1 aliphatic heterocycles. The minimum absolute atomic E-state index is 0.352. The van der Waals surface area contributed by atoms with Gasteiger partial charge in [-0.25, -0.2) is 0 Å². The van der Waals surface area contributed by atoms with Crippen molar-refractivity contribution in [3.8, 4) is 0 Å². The lowest BCUT2D eigenvalue weighted by Gasteiger charge is -2.34. The number of rotatable bonds is 4. The van der Waals surface area contributed by atoms with Gasteiger partial charge in [0.2, 0.25) is 0 Å². The second-order valence-corrected chi connectivity index (χ2v) is 4.84. The molecule has 1 saturated heterocycles. The van der Waals surface area contributed by atoms with Crippen molar-refractivity contribution in [2.45, 2.75) is 25.9 Å². The average molecular weight is 268 g/mol. The lowest BCUT2D eigenvalue weighted by atomic mass is 10.1. The third-order valence-electron chi connectivity index (χ3n) is 3.33. The number of aldehydes is 1. The van der Waals surface area contributed by atoms with Gasteiger partial charge in [0.05, 0.1) is 16.7 Å². The molecule has 1 heterocycles. The van der Waals surface area contributed by atoms with Crippen molar-refractivity contribution in [1.82, 2.24) is 0 Å². The maximum atomic E-state index is 11.1. The van der Waals surface area contributed by atoms with Gasteiger partial charge < -0.3 is 9.64 Å². The van der Waals surface area contributed by atoms with Crippen LogP contribution < -0.4 is 4.90 Å². The van der Waals surface area contributed by atoms with Gasteiger partial charge in [-0.15, -0.1) is 0 Å². The lowest BCUT2D eigenvalue weighted by molar-refractivity contribution is 0.0459. The van der Waals surface area contributed by atoms with Crippen LogP contribution in [-0.2, 0) is 4.74 Å². The van der Waals surface area contributed by atoms with E-state index in [0.717, 1.165) is 44.5 Å². The molecule has 0 bridgehead atoms. The van der Waals surface area contributed by atoms with Gasteiger partial charge in [-0.1, -0.05) is 17.7 Å². The second-order valence-electron chi connectivity index (χ2n) is 4.43. The van der Waals surface area contributed by atoms with Crippen molar-refractivity contribution in [2.24, 2.45) is 0 Å². The Morgan fingerprint density at radius 1 is 1.44 bits per heavy atom. The van der Waals surface area contributed by atoms with Gasteiger partial charge in [0.1, 0.15) is 0 Å². The van der Waals surface area contributed by atoms with Crippen molar-refractivity contribution in [3.05, 3.63) is 28.8 Å². The number of carbonyl (C=O) groups excluding carboxylic acids is 1. The van der Waals surface area contributed by atoms with Gasteiger partial charge in [0.25, 0.3) is 0 Å². The lowest BCUT2D eigenvalue weighted by Crippen LogP contribution is -2.37. The summed E-state index contributed by atoms with van der Waals surface area (Å²) in [5, 5.41) is 0.523. The van der Waals surface area contributed by atoms with Gasteiger partial charge in [-0.05, 0) is 31.9 Å². The highest BCUT2D eigenvalue weighted by Crippen LogP contribution is 2.28. The summed E-state index contributed by atoms with van der Waals surface area (Å²) in [5.41, 5.74) is 1.53. The number of ether oxygens (including phenoxy) is 1. The number of hydrogen-bond acceptors (Lipinski definition) is 3. The number of piperidine rings is 1. The van der Waals surface area contributed by atoms with Crippen molar-refractivity contribution in [3.63, 3.8) is 0 Å². The number of anilines is 1. The van der Waals surface area contributed by atoms with E-state index in [1.54, 1.807) is 6.07 Å². The summed E-state index contributed by atoms with van der Waals surface area (Å²) in [6.45, 7) is 4.60. The summed E-state index contributed by atoms with van der Waals surface area (Å²) in [7, 11) is 0. The highest BCUT2D eigenvalue weighted by Gasteiger charge is 2.21. The smallest absolute Gasteiger partial charge is 0.153 e. The Kier molecular flexibility index (Phi) is 4.61. The molecule has 18 heavy (non-hydrogen) atoms. The fourth-order valence-corrected chi connectivity index (χ4v) is 2.63. The first kappa shape index (κ1) is 13.4. The molecule has 0 unspecified atom stereocenters. The predicted octanol–water partition coefficient (Wildman–Crippen LogP) is 3.16. The fraction of sp³-hybridized carbons (Fsp3) is 0.500. The Morgan fingerprint density at radius 3 is 2.78 bits per heavy atom. The zero-order valence-corrected chi connectivity index (χ0v) is 11.3. The normalized spacial score (nSPS) is 16.9. The Labute approximate surface area is 113 Å². The molecule has 0 radical (unpaired) electrons. The van der Waals surface area contributed by atoms with E-state index in [1.165, 1.54) is 0 Å². The standard InChI is InChI=1S/C14H18ClNO2/c1-2-18-11-6-8-16(9-7-11)14-5-3-4-13(15)12(14)10-17/h3-5,10-11H,2,6-9H2,1H3. The van der Waals surface area contributed by atoms with E-state index in [-0.39, 0.29) is 0 Å². The maximum absolute atomic E-state index is 11.1. The maximum Gasteiger partial charge on any atom is 0.153 e. The molecule has 0 aliphatic carbocycles. The van der Waals surface area contributed by atoms with Crippen LogP contribution in [0.4, 0.5) is 5.69 Å². The topological polar surface area (TPSA) is 29.5 Å². The molecule has 1 aliphatic rings. The van der Waals surface area contributed by atoms with E-state index in [4.69, 9.17) is 16.3 Å². The molecule has 4 heteroatoms. The first-order valence-corrected chi connectivity index (χ1v) is 6.74. The Hall–Kier alpha value is -1.06. The zero-order chi connectivity index (χ0) is 13.0. The summed E-state index contributed by atoms with van der Waals surface area (Å²) in [6.07, 6.45) is 3.19.